The van der Waals surface area contributed by atoms with Crippen molar-refractivity contribution >= 4 is 51.7 Å². The van der Waals surface area contributed by atoms with Crippen molar-refractivity contribution in [3.8, 4) is 0 Å². The number of carbonyl (C=O) groups is 1. The maximum Gasteiger partial charge on any atom is 0.254 e. The summed E-state index contributed by atoms with van der Waals surface area (Å²) in [4.78, 5) is 19.0. The van der Waals surface area contributed by atoms with Crippen LogP contribution < -0.4 is 5.32 Å². The van der Waals surface area contributed by atoms with Crippen LogP contribution >= 0.6 is 34.5 Å². The van der Waals surface area contributed by atoms with E-state index in [0.717, 1.165) is 47.4 Å². The molecule has 3 nitrogen and oxygen atoms in total. The molecule has 1 N–H and O–H groups in total. The van der Waals surface area contributed by atoms with Gasteiger partial charge in [0, 0.05) is 23.2 Å². The molecule has 1 aliphatic rings. The third kappa shape index (κ3) is 4.55. The number of halogens is 2. The Morgan fingerprint density at radius 3 is 2.69 bits per heavy atom. The molecular weight excluding hydrogens is 423 g/mol. The van der Waals surface area contributed by atoms with Crippen molar-refractivity contribution in [3.05, 3.63) is 85.7 Å². The van der Waals surface area contributed by atoms with Gasteiger partial charge in [-0.2, -0.15) is 0 Å². The molecular formula is C23H20Cl2N2OS. The maximum atomic E-state index is 13.1. The second-order valence-electron chi connectivity index (χ2n) is 6.96. The lowest BCUT2D eigenvalue weighted by Crippen LogP contribution is -2.24. The second kappa shape index (κ2) is 9.12. The number of aliphatic imine (C=N–C) groups is 1. The molecule has 4 rings (SSSR count). The highest BCUT2D eigenvalue weighted by molar-refractivity contribution is 7.16. The van der Waals surface area contributed by atoms with Crippen molar-refractivity contribution in [3.63, 3.8) is 0 Å². The van der Waals surface area contributed by atoms with Crippen LogP contribution in [0.5, 0.6) is 0 Å². The van der Waals surface area contributed by atoms with Crippen molar-refractivity contribution < 1.29 is 4.79 Å². The lowest BCUT2D eigenvalue weighted by molar-refractivity contribution is 0.0951. The van der Waals surface area contributed by atoms with Crippen molar-refractivity contribution in [2.75, 3.05) is 0 Å². The molecule has 0 radical (unpaired) electrons. The van der Waals surface area contributed by atoms with Crippen LogP contribution in [0.3, 0.4) is 0 Å². The lowest BCUT2D eigenvalue weighted by atomic mass is 9.95. The number of hydrogen-bond donors (Lipinski definition) is 1. The molecule has 29 heavy (non-hydrogen) atoms. The topological polar surface area (TPSA) is 41.5 Å². The van der Waals surface area contributed by atoms with E-state index in [1.807, 2.05) is 42.5 Å². The zero-order valence-electron chi connectivity index (χ0n) is 15.8. The zero-order chi connectivity index (χ0) is 20.2. The predicted octanol–water partition coefficient (Wildman–Crippen LogP) is 6.61. The monoisotopic (exact) mass is 442 g/mol. The molecule has 0 aliphatic heterocycles. The van der Waals surface area contributed by atoms with Gasteiger partial charge in [0.25, 0.3) is 5.91 Å². The summed E-state index contributed by atoms with van der Waals surface area (Å²) >= 11 is 14.0. The van der Waals surface area contributed by atoms with Crippen molar-refractivity contribution in [2.24, 2.45) is 4.99 Å². The lowest BCUT2D eigenvalue weighted by Gasteiger charge is -2.12. The molecule has 0 unspecified atom stereocenters. The average molecular weight is 443 g/mol. The van der Waals surface area contributed by atoms with Crippen LogP contribution in [0.1, 0.15) is 44.8 Å². The van der Waals surface area contributed by atoms with Gasteiger partial charge in [-0.25, -0.2) is 4.99 Å². The quantitative estimate of drug-likeness (QED) is 0.443. The fraction of sp³-hybridized carbons (Fsp3) is 0.217. The van der Waals surface area contributed by atoms with Crippen molar-refractivity contribution in [1.29, 1.82) is 0 Å². The molecule has 1 aromatic heterocycles. The molecule has 6 heteroatoms. The van der Waals surface area contributed by atoms with Crippen LogP contribution in [0, 0.1) is 0 Å². The van der Waals surface area contributed by atoms with Crippen LogP contribution in [0.2, 0.25) is 10.0 Å². The Labute approximate surface area is 184 Å². The molecule has 1 heterocycles. The van der Waals surface area contributed by atoms with Gasteiger partial charge >= 0.3 is 0 Å². The summed E-state index contributed by atoms with van der Waals surface area (Å²) in [7, 11) is 0. The number of thiophene rings is 1. The summed E-state index contributed by atoms with van der Waals surface area (Å²) in [6.45, 7) is 0.494. The largest absolute Gasteiger partial charge is 0.348 e. The van der Waals surface area contributed by atoms with E-state index in [-0.39, 0.29) is 5.91 Å². The Morgan fingerprint density at radius 2 is 1.86 bits per heavy atom. The minimum Gasteiger partial charge on any atom is -0.348 e. The number of aryl methyl sites for hydroxylation is 1. The highest BCUT2D eigenvalue weighted by atomic mass is 35.5. The second-order valence-corrected chi connectivity index (χ2v) is 8.83. The molecule has 0 atom stereocenters. The molecule has 148 valence electrons. The highest BCUT2D eigenvalue weighted by Crippen LogP contribution is 2.40. The van der Waals surface area contributed by atoms with Gasteiger partial charge in [-0.3, -0.25) is 4.79 Å². The summed E-state index contributed by atoms with van der Waals surface area (Å²) in [6.07, 6.45) is 5.88. The van der Waals surface area contributed by atoms with E-state index in [0.29, 0.717) is 22.2 Å². The van der Waals surface area contributed by atoms with Gasteiger partial charge in [0.15, 0.2) is 0 Å². The van der Waals surface area contributed by atoms with Crippen LogP contribution in [-0.4, -0.2) is 12.1 Å². The summed E-state index contributed by atoms with van der Waals surface area (Å²) in [5.41, 5.74) is 3.66. The number of fused-ring (bicyclic) bond motifs is 1. The first kappa shape index (κ1) is 20.1. The molecule has 1 amide bonds. The maximum absolute atomic E-state index is 13.1. The fourth-order valence-corrected chi connectivity index (χ4v) is 5.08. The third-order valence-electron chi connectivity index (χ3n) is 4.98. The Bertz CT molecular complexity index is 1060. The third-order valence-corrected chi connectivity index (χ3v) is 7.01. The molecule has 0 spiro atoms. The first-order valence-electron chi connectivity index (χ1n) is 9.58. The Kier molecular flexibility index (Phi) is 6.34. The van der Waals surface area contributed by atoms with E-state index in [1.165, 1.54) is 4.88 Å². The SMILES string of the molecule is O=C(NCc1ccccc1)c1c(N=Cc2cccc(Cl)c2Cl)sc2c1CCCC2. The zero-order valence-corrected chi connectivity index (χ0v) is 18.1. The predicted molar refractivity (Wildman–Crippen MR) is 122 cm³/mol. The van der Waals surface area contributed by atoms with Crippen LogP contribution in [-0.2, 0) is 19.4 Å². The smallest absolute Gasteiger partial charge is 0.254 e. The molecule has 0 saturated heterocycles. The van der Waals surface area contributed by atoms with Crippen LogP contribution in [0.25, 0.3) is 0 Å². The Hall–Kier alpha value is -2.14. The van der Waals surface area contributed by atoms with Crippen molar-refractivity contribution in [2.45, 2.75) is 32.2 Å². The Balaban J connectivity index is 1.63. The Morgan fingerprint density at radius 1 is 1.07 bits per heavy atom. The standard InChI is InChI=1S/C23H20Cl2N2OS/c24-18-11-6-9-16(21(18)25)14-27-23-20(17-10-4-5-12-19(17)29-23)22(28)26-13-15-7-2-1-3-8-15/h1-3,6-9,11,14H,4-5,10,12-13H2,(H,26,28). The normalized spacial score (nSPS) is 13.4. The number of nitrogens with one attached hydrogen (secondary N) is 1. The van der Waals surface area contributed by atoms with Crippen LogP contribution in [0.15, 0.2) is 53.5 Å². The minimum absolute atomic E-state index is 0.0717. The van der Waals surface area contributed by atoms with E-state index >= 15 is 0 Å². The fourth-order valence-electron chi connectivity index (χ4n) is 3.49. The minimum atomic E-state index is -0.0717. The summed E-state index contributed by atoms with van der Waals surface area (Å²) < 4.78 is 0. The molecule has 3 aromatic rings. The van der Waals surface area contributed by atoms with E-state index in [4.69, 9.17) is 23.2 Å². The van der Waals surface area contributed by atoms with Crippen molar-refractivity contribution in [1.82, 2.24) is 5.32 Å². The van der Waals surface area contributed by atoms with E-state index < -0.39 is 0 Å². The van der Waals surface area contributed by atoms with Gasteiger partial charge in [0.2, 0.25) is 0 Å². The molecule has 0 bridgehead atoms. The number of carbonyl (C=O) groups excluding carboxylic acids is 1. The average Bonchev–Trinajstić information content (AvgIpc) is 3.12. The number of hydrogen-bond acceptors (Lipinski definition) is 3. The van der Waals surface area contributed by atoms with E-state index in [1.54, 1.807) is 23.6 Å². The van der Waals surface area contributed by atoms with Gasteiger partial charge in [-0.1, -0.05) is 65.7 Å². The molecule has 0 saturated carbocycles. The summed E-state index contributed by atoms with van der Waals surface area (Å²) in [5, 5.41) is 4.75. The summed E-state index contributed by atoms with van der Waals surface area (Å²) in [5.74, 6) is -0.0717. The number of rotatable bonds is 5. The number of amides is 1. The van der Waals surface area contributed by atoms with Crippen LogP contribution in [0.4, 0.5) is 5.00 Å². The number of benzene rings is 2. The van der Waals surface area contributed by atoms with E-state index in [2.05, 4.69) is 10.3 Å². The van der Waals surface area contributed by atoms with Gasteiger partial charge in [0.1, 0.15) is 5.00 Å². The first-order chi connectivity index (χ1) is 14.1. The highest BCUT2D eigenvalue weighted by Gasteiger charge is 2.25. The van der Waals surface area contributed by atoms with Gasteiger partial charge in [-0.05, 0) is 42.9 Å². The first-order valence-corrected chi connectivity index (χ1v) is 11.2. The van der Waals surface area contributed by atoms with Gasteiger partial charge in [0.05, 0.1) is 15.6 Å². The van der Waals surface area contributed by atoms with Gasteiger partial charge < -0.3 is 5.32 Å². The van der Waals surface area contributed by atoms with E-state index in [9.17, 15) is 4.79 Å². The molecule has 2 aromatic carbocycles. The summed E-state index contributed by atoms with van der Waals surface area (Å²) in [6, 6.07) is 15.4. The van der Waals surface area contributed by atoms with Gasteiger partial charge in [-0.15, -0.1) is 11.3 Å². The molecule has 0 fully saturated rings. The molecule has 1 aliphatic carbocycles. The number of nitrogens with zero attached hydrogens (tertiary/aromatic N) is 1.